The first-order chi connectivity index (χ1) is 11.8. The molecule has 1 aromatic heterocycles. The molecule has 0 amide bonds. The van der Waals surface area contributed by atoms with Gasteiger partial charge in [-0.3, -0.25) is 0 Å². The van der Waals surface area contributed by atoms with Crippen LogP contribution in [0.15, 0.2) is 48.5 Å². The van der Waals surface area contributed by atoms with E-state index >= 15 is 0 Å². The van der Waals surface area contributed by atoms with Gasteiger partial charge in [-0.25, -0.2) is 13.9 Å². The summed E-state index contributed by atoms with van der Waals surface area (Å²) in [5.41, 5.74) is -1.19. The van der Waals surface area contributed by atoms with Crippen molar-refractivity contribution in [3.05, 3.63) is 65.6 Å². The zero-order valence-electron chi connectivity index (χ0n) is 12.3. The summed E-state index contributed by atoms with van der Waals surface area (Å²) in [4.78, 5) is 11.4. The molecule has 3 aromatic rings. The number of aromatic nitrogens is 3. The van der Waals surface area contributed by atoms with Crippen molar-refractivity contribution >= 4 is 5.97 Å². The molecular weight excluding hydrogens is 342 g/mol. The first-order valence-electron chi connectivity index (χ1n) is 6.90. The largest absolute Gasteiger partial charge is 0.476 e. The predicted octanol–water partition coefficient (Wildman–Crippen LogP) is 3.79. The normalized spacial score (nSPS) is 11.5. The maximum Gasteiger partial charge on any atom is 0.416 e. The van der Waals surface area contributed by atoms with E-state index in [2.05, 4.69) is 10.3 Å². The summed E-state index contributed by atoms with van der Waals surface area (Å²) in [6, 6.07) is 9.02. The van der Waals surface area contributed by atoms with Crippen LogP contribution in [0.1, 0.15) is 16.1 Å². The summed E-state index contributed by atoms with van der Waals surface area (Å²) in [5, 5.41) is 16.4. The number of hydrogen-bond donors (Lipinski definition) is 1. The molecule has 0 radical (unpaired) electrons. The van der Waals surface area contributed by atoms with Crippen LogP contribution < -0.4 is 0 Å². The minimum Gasteiger partial charge on any atom is -0.476 e. The molecule has 2 aromatic carbocycles. The van der Waals surface area contributed by atoms with E-state index in [1.54, 1.807) is 0 Å². The highest BCUT2D eigenvalue weighted by atomic mass is 19.4. The summed E-state index contributed by atoms with van der Waals surface area (Å²) in [7, 11) is 0. The van der Waals surface area contributed by atoms with Gasteiger partial charge in [0.2, 0.25) is 0 Å². The number of benzene rings is 2. The van der Waals surface area contributed by atoms with Gasteiger partial charge in [-0.05, 0) is 42.5 Å². The van der Waals surface area contributed by atoms with E-state index in [1.165, 1.54) is 24.3 Å². The summed E-state index contributed by atoms with van der Waals surface area (Å²) >= 11 is 0. The van der Waals surface area contributed by atoms with Gasteiger partial charge in [0, 0.05) is 5.56 Å². The van der Waals surface area contributed by atoms with Crippen LogP contribution in [0.3, 0.4) is 0 Å². The van der Waals surface area contributed by atoms with Crippen LogP contribution >= 0.6 is 0 Å². The van der Waals surface area contributed by atoms with Gasteiger partial charge >= 0.3 is 12.1 Å². The minimum absolute atomic E-state index is 0.0193. The van der Waals surface area contributed by atoms with E-state index < -0.39 is 29.2 Å². The monoisotopic (exact) mass is 351 g/mol. The smallest absolute Gasteiger partial charge is 0.416 e. The molecule has 0 aliphatic carbocycles. The number of halogens is 4. The van der Waals surface area contributed by atoms with Gasteiger partial charge in [-0.15, -0.1) is 5.10 Å². The second kappa shape index (κ2) is 6.00. The Balaban J connectivity index is 2.21. The van der Waals surface area contributed by atoms with Gasteiger partial charge < -0.3 is 5.11 Å². The molecule has 25 heavy (non-hydrogen) atoms. The molecule has 0 bridgehead atoms. The topological polar surface area (TPSA) is 68.0 Å². The Bertz CT molecular complexity index is 933. The Labute approximate surface area is 138 Å². The zero-order chi connectivity index (χ0) is 18.2. The molecule has 0 aliphatic rings. The molecule has 128 valence electrons. The maximum absolute atomic E-state index is 13.1. The molecular formula is C16H9F4N3O2. The Hall–Kier alpha value is -3.23. The van der Waals surface area contributed by atoms with Crippen molar-refractivity contribution in [3.8, 4) is 16.9 Å². The number of carboxylic acids is 1. The van der Waals surface area contributed by atoms with Gasteiger partial charge in [-0.2, -0.15) is 13.2 Å². The average Bonchev–Trinajstić information content (AvgIpc) is 3.00. The number of alkyl halides is 3. The zero-order valence-corrected chi connectivity index (χ0v) is 12.3. The fraction of sp³-hybridized carbons (Fsp3) is 0.0625. The Morgan fingerprint density at radius 1 is 1.08 bits per heavy atom. The predicted molar refractivity (Wildman–Crippen MR) is 78.7 cm³/mol. The molecule has 3 rings (SSSR count). The van der Waals surface area contributed by atoms with Crippen LogP contribution in [0, 0.1) is 5.82 Å². The third kappa shape index (κ3) is 3.21. The quantitative estimate of drug-likeness (QED) is 0.729. The first kappa shape index (κ1) is 16.6. The molecule has 9 heteroatoms. The minimum atomic E-state index is -4.57. The van der Waals surface area contributed by atoms with E-state index in [-0.39, 0.29) is 16.9 Å². The van der Waals surface area contributed by atoms with Crippen molar-refractivity contribution in [3.63, 3.8) is 0 Å². The molecule has 5 nitrogen and oxygen atoms in total. The lowest BCUT2D eigenvalue weighted by molar-refractivity contribution is -0.137. The lowest BCUT2D eigenvalue weighted by atomic mass is 10.1. The van der Waals surface area contributed by atoms with E-state index in [0.29, 0.717) is 0 Å². The van der Waals surface area contributed by atoms with Crippen molar-refractivity contribution in [2.24, 2.45) is 0 Å². The number of nitrogens with zero attached hydrogens (tertiary/aromatic N) is 3. The fourth-order valence-corrected chi connectivity index (χ4v) is 2.29. The molecule has 0 spiro atoms. The van der Waals surface area contributed by atoms with Crippen molar-refractivity contribution in [1.82, 2.24) is 15.0 Å². The maximum atomic E-state index is 13.1. The van der Waals surface area contributed by atoms with Gasteiger partial charge in [0.25, 0.3) is 0 Å². The fourth-order valence-electron chi connectivity index (χ4n) is 2.29. The van der Waals surface area contributed by atoms with Crippen molar-refractivity contribution in [2.45, 2.75) is 6.18 Å². The van der Waals surface area contributed by atoms with E-state index in [0.717, 1.165) is 28.9 Å². The Morgan fingerprint density at radius 3 is 2.36 bits per heavy atom. The molecule has 0 atom stereocenters. The van der Waals surface area contributed by atoms with Gasteiger partial charge in [0.15, 0.2) is 5.69 Å². The Kier molecular flexibility index (Phi) is 3.99. The third-order valence-electron chi connectivity index (χ3n) is 3.41. The third-order valence-corrected chi connectivity index (χ3v) is 3.41. The van der Waals surface area contributed by atoms with Crippen LogP contribution in [-0.2, 0) is 6.18 Å². The first-order valence-corrected chi connectivity index (χ1v) is 6.90. The molecule has 1 heterocycles. The highest BCUT2D eigenvalue weighted by Crippen LogP contribution is 2.32. The molecule has 0 fully saturated rings. The summed E-state index contributed by atoms with van der Waals surface area (Å²) in [6.07, 6.45) is -4.57. The number of aromatic carboxylic acids is 1. The van der Waals surface area contributed by atoms with Crippen LogP contribution in [0.4, 0.5) is 17.6 Å². The lowest BCUT2D eigenvalue weighted by Crippen LogP contribution is -2.07. The highest BCUT2D eigenvalue weighted by molar-refractivity contribution is 5.93. The van der Waals surface area contributed by atoms with Gasteiger partial charge in [0.1, 0.15) is 11.5 Å². The van der Waals surface area contributed by atoms with E-state index in [1.807, 2.05) is 0 Å². The summed E-state index contributed by atoms with van der Waals surface area (Å²) < 4.78 is 52.8. The molecule has 0 aliphatic heterocycles. The molecule has 0 saturated heterocycles. The highest BCUT2D eigenvalue weighted by Gasteiger charge is 2.31. The lowest BCUT2D eigenvalue weighted by Gasteiger charge is -2.11. The number of hydrogen-bond acceptors (Lipinski definition) is 3. The van der Waals surface area contributed by atoms with E-state index in [9.17, 15) is 27.5 Å². The SMILES string of the molecule is O=C(O)c1nnn(-c2cccc(C(F)(F)F)c2)c1-c1ccc(F)cc1. The van der Waals surface area contributed by atoms with Crippen molar-refractivity contribution in [1.29, 1.82) is 0 Å². The standard InChI is InChI=1S/C16H9F4N3O2/c17-11-6-4-9(5-7-11)14-13(15(24)25)21-22-23(14)12-3-1-2-10(8-12)16(18,19)20/h1-8H,(H,24,25). The van der Waals surface area contributed by atoms with Crippen molar-refractivity contribution < 1.29 is 27.5 Å². The van der Waals surface area contributed by atoms with Crippen molar-refractivity contribution in [2.75, 3.05) is 0 Å². The molecule has 1 N–H and O–H groups in total. The molecule has 0 unspecified atom stereocenters. The molecule has 0 saturated carbocycles. The second-order valence-electron chi connectivity index (χ2n) is 5.06. The van der Waals surface area contributed by atoms with E-state index in [4.69, 9.17) is 0 Å². The van der Waals surface area contributed by atoms with Gasteiger partial charge in [-0.1, -0.05) is 11.3 Å². The van der Waals surface area contributed by atoms with Crippen LogP contribution in [0.25, 0.3) is 16.9 Å². The second-order valence-corrected chi connectivity index (χ2v) is 5.06. The average molecular weight is 351 g/mol. The number of carbonyl (C=O) groups is 1. The number of rotatable bonds is 3. The van der Waals surface area contributed by atoms with Crippen LogP contribution in [0.5, 0.6) is 0 Å². The number of carboxylic acid groups (broad SMARTS) is 1. The summed E-state index contributed by atoms with van der Waals surface area (Å²) in [5.74, 6) is -1.95. The Morgan fingerprint density at radius 2 is 1.76 bits per heavy atom. The van der Waals surface area contributed by atoms with Gasteiger partial charge in [0.05, 0.1) is 11.3 Å². The van der Waals surface area contributed by atoms with Crippen LogP contribution in [-0.4, -0.2) is 26.1 Å². The van der Waals surface area contributed by atoms with Crippen LogP contribution in [0.2, 0.25) is 0 Å². The summed E-state index contributed by atoms with van der Waals surface area (Å²) in [6.45, 7) is 0.